The number of halogens is 1. The molecule has 0 heterocycles. The monoisotopic (exact) mass is 310 g/mol. The van der Waals surface area contributed by atoms with Crippen LogP contribution in [0.25, 0.3) is 0 Å². The van der Waals surface area contributed by atoms with Crippen LogP contribution in [0.15, 0.2) is 22.7 Å². The fraction of sp³-hybridized carbons (Fsp3) is 0.600. The summed E-state index contributed by atoms with van der Waals surface area (Å²) < 4.78 is 1.08. The molecule has 2 nitrogen and oxygen atoms in total. The summed E-state index contributed by atoms with van der Waals surface area (Å²) in [6.45, 7) is 4.66. The number of rotatable bonds is 3. The van der Waals surface area contributed by atoms with Gasteiger partial charge in [0.05, 0.1) is 11.4 Å². The van der Waals surface area contributed by atoms with Crippen molar-refractivity contribution in [3.63, 3.8) is 0 Å². The van der Waals surface area contributed by atoms with E-state index in [1.165, 1.54) is 25.7 Å². The van der Waals surface area contributed by atoms with Crippen molar-refractivity contribution in [3.05, 3.63) is 22.7 Å². The molecule has 1 aromatic carbocycles. The van der Waals surface area contributed by atoms with E-state index in [4.69, 9.17) is 5.73 Å². The molecular formula is C15H23BrN2. The zero-order valence-corrected chi connectivity index (χ0v) is 12.8. The molecule has 2 rings (SSSR count). The van der Waals surface area contributed by atoms with Crippen LogP contribution >= 0.6 is 15.9 Å². The Morgan fingerprint density at radius 1 is 1.28 bits per heavy atom. The fourth-order valence-electron chi connectivity index (χ4n) is 2.99. The number of nitrogen functional groups attached to an aromatic ring is 1. The van der Waals surface area contributed by atoms with Gasteiger partial charge in [-0.05, 0) is 42.9 Å². The smallest absolute Gasteiger partial charge is 0.0587 e. The molecule has 0 bridgehead atoms. The van der Waals surface area contributed by atoms with E-state index in [0.29, 0.717) is 6.04 Å². The summed E-state index contributed by atoms with van der Waals surface area (Å²) >= 11 is 3.51. The van der Waals surface area contributed by atoms with Crippen molar-refractivity contribution >= 4 is 27.3 Å². The van der Waals surface area contributed by atoms with E-state index >= 15 is 0 Å². The van der Waals surface area contributed by atoms with Crippen LogP contribution in [0.2, 0.25) is 0 Å². The molecule has 1 aliphatic carbocycles. The summed E-state index contributed by atoms with van der Waals surface area (Å²) in [6.07, 6.45) is 5.29. The first kappa shape index (κ1) is 13.7. The molecule has 2 unspecified atom stereocenters. The van der Waals surface area contributed by atoms with Gasteiger partial charge >= 0.3 is 0 Å². The van der Waals surface area contributed by atoms with Gasteiger partial charge in [-0.3, -0.25) is 0 Å². The zero-order chi connectivity index (χ0) is 13.1. The number of nitrogens with two attached hydrogens (primary N) is 1. The summed E-state index contributed by atoms with van der Waals surface area (Å²) in [5.41, 5.74) is 7.96. The predicted molar refractivity (Wildman–Crippen MR) is 82.8 cm³/mol. The second-order valence-corrected chi connectivity index (χ2v) is 6.59. The molecule has 1 aromatic rings. The highest BCUT2D eigenvalue weighted by Crippen LogP contribution is 2.34. The van der Waals surface area contributed by atoms with Gasteiger partial charge in [-0.2, -0.15) is 0 Å². The first-order chi connectivity index (χ1) is 8.58. The van der Waals surface area contributed by atoms with E-state index in [0.717, 1.165) is 27.7 Å². The largest absolute Gasteiger partial charge is 0.397 e. The minimum Gasteiger partial charge on any atom is -0.397 e. The fourth-order valence-corrected chi connectivity index (χ4v) is 3.35. The Labute approximate surface area is 118 Å². The molecule has 1 saturated carbocycles. The maximum absolute atomic E-state index is 6.04. The van der Waals surface area contributed by atoms with Crippen molar-refractivity contribution in [3.8, 4) is 0 Å². The molecule has 0 radical (unpaired) electrons. The minimum atomic E-state index is 0.565. The maximum atomic E-state index is 6.04. The third kappa shape index (κ3) is 3.19. The third-order valence-corrected chi connectivity index (χ3v) is 4.53. The Morgan fingerprint density at radius 3 is 2.72 bits per heavy atom. The zero-order valence-electron chi connectivity index (χ0n) is 11.2. The molecule has 3 N–H and O–H groups in total. The summed E-state index contributed by atoms with van der Waals surface area (Å²) in [6, 6.07) is 6.60. The Kier molecular flexibility index (Phi) is 4.55. The first-order valence-corrected chi connectivity index (χ1v) is 7.69. The summed E-state index contributed by atoms with van der Waals surface area (Å²) in [7, 11) is 0. The Bertz CT molecular complexity index is 403. The highest BCUT2D eigenvalue weighted by molar-refractivity contribution is 9.10. The summed E-state index contributed by atoms with van der Waals surface area (Å²) in [5, 5.41) is 3.67. The molecule has 100 valence electrons. The number of benzene rings is 1. The van der Waals surface area contributed by atoms with Crippen LogP contribution < -0.4 is 11.1 Å². The molecule has 1 aliphatic rings. The molecule has 2 atom stereocenters. The topological polar surface area (TPSA) is 38.0 Å². The van der Waals surface area contributed by atoms with Gasteiger partial charge in [0.15, 0.2) is 0 Å². The van der Waals surface area contributed by atoms with Crippen molar-refractivity contribution < 1.29 is 0 Å². The van der Waals surface area contributed by atoms with Crippen molar-refractivity contribution in [2.45, 2.75) is 45.6 Å². The van der Waals surface area contributed by atoms with Gasteiger partial charge in [0, 0.05) is 10.5 Å². The lowest BCUT2D eigenvalue weighted by Gasteiger charge is -2.35. The maximum Gasteiger partial charge on any atom is 0.0587 e. The minimum absolute atomic E-state index is 0.565. The van der Waals surface area contributed by atoms with Crippen LogP contribution in [-0.2, 0) is 0 Å². The van der Waals surface area contributed by atoms with E-state index in [1.807, 2.05) is 12.1 Å². The van der Waals surface area contributed by atoms with E-state index in [1.54, 1.807) is 0 Å². The van der Waals surface area contributed by atoms with E-state index < -0.39 is 0 Å². The quantitative estimate of drug-likeness (QED) is 0.797. The second-order valence-electron chi connectivity index (χ2n) is 5.67. The van der Waals surface area contributed by atoms with E-state index in [9.17, 15) is 0 Å². The molecular weight excluding hydrogens is 288 g/mol. The van der Waals surface area contributed by atoms with Crippen LogP contribution in [0.5, 0.6) is 0 Å². The number of hydrogen-bond acceptors (Lipinski definition) is 2. The van der Waals surface area contributed by atoms with Gasteiger partial charge in [-0.1, -0.05) is 42.6 Å². The lowest BCUT2D eigenvalue weighted by Crippen LogP contribution is -2.35. The Hall–Kier alpha value is -0.700. The lowest BCUT2D eigenvalue weighted by atomic mass is 9.78. The van der Waals surface area contributed by atoms with Gasteiger partial charge in [-0.25, -0.2) is 0 Å². The average molecular weight is 311 g/mol. The highest BCUT2D eigenvalue weighted by Gasteiger charge is 2.27. The summed E-state index contributed by atoms with van der Waals surface area (Å²) in [5.74, 6) is 1.49. The van der Waals surface area contributed by atoms with Gasteiger partial charge in [-0.15, -0.1) is 0 Å². The Morgan fingerprint density at radius 2 is 2.00 bits per heavy atom. The average Bonchev–Trinajstić information content (AvgIpc) is 2.34. The third-order valence-electron chi connectivity index (χ3n) is 4.03. The van der Waals surface area contributed by atoms with E-state index in [-0.39, 0.29) is 0 Å². The van der Waals surface area contributed by atoms with Crippen LogP contribution in [0.3, 0.4) is 0 Å². The van der Waals surface area contributed by atoms with Crippen LogP contribution in [0, 0.1) is 11.8 Å². The molecule has 18 heavy (non-hydrogen) atoms. The normalized spacial score (nSPS) is 24.2. The van der Waals surface area contributed by atoms with Crippen molar-refractivity contribution in [2.75, 3.05) is 11.1 Å². The molecule has 3 heteroatoms. The van der Waals surface area contributed by atoms with Crippen molar-refractivity contribution in [1.29, 1.82) is 0 Å². The summed E-state index contributed by atoms with van der Waals surface area (Å²) in [4.78, 5) is 0. The van der Waals surface area contributed by atoms with Gasteiger partial charge in [0.25, 0.3) is 0 Å². The molecule has 0 amide bonds. The molecule has 0 aromatic heterocycles. The number of nitrogens with one attached hydrogen (secondary N) is 1. The van der Waals surface area contributed by atoms with Crippen LogP contribution in [0.4, 0.5) is 11.4 Å². The molecule has 0 saturated heterocycles. The van der Waals surface area contributed by atoms with Crippen molar-refractivity contribution in [1.82, 2.24) is 0 Å². The van der Waals surface area contributed by atoms with E-state index in [2.05, 4.69) is 41.2 Å². The predicted octanol–water partition coefficient (Wildman–Crippen LogP) is 4.66. The lowest BCUT2D eigenvalue weighted by molar-refractivity contribution is 0.254. The van der Waals surface area contributed by atoms with Crippen molar-refractivity contribution in [2.24, 2.45) is 11.8 Å². The van der Waals surface area contributed by atoms with Crippen LogP contribution in [0.1, 0.15) is 39.5 Å². The van der Waals surface area contributed by atoms with Gasteiger partial charge < -0.3 is 11.1 Å². The van der Waals surface area contributed by atoms with Crippen LogP contribution in [-0.4, -0.2) is 6.04 Å². The molecule has 0 spiro atoms. The first-order valence-electron chi connectivity index (χ1n) is 6.89. The SMILES string of the molecule is CC(C)C1CCCCC1Nc1cc(Br)ccc1N. The highest BCUT2D eigenvalue weighted by atomic mass is 79.9. The number of anilines is 2. The standard InChI is InChI=1S/C15H23BrN2/c1-10(2)12-5-3-4-6-14(12)18-15-9-11(16)7-8-13(15)17/h7-10,12,14,18H,3-6,17H2,1-2H3. The van der Waals surface area contributed by atoms with Gasteiger partial charge in [0.2, 0.25) is 0 Å². The number of hydrogen-bond donors (Lipinski definition) is 2. The molecule has 1 fully saturated rings. The van der Waals surface area contributed by atoms with Gasteiger partial charge in [0.1, 0.15) is 0 Å². The molecule has 0 aliphatic heterocycles. The second kappa shape index (κ2) is 5.96. The Balaban J connectivity index is 2.13.